The number of Topliss-reactive ketones (excluding diaryl/α,β-unsaturated/α-hetero) is 1. The predicted molar refractivity (Wildman–Crippen MR) is 171 cm³/mol. The summed E-state index contributed by atoms with van der Waals surface area (Å²) in [5.74, 6) is 0.399. The van der Waals surface area contributed by atoms with Gasteiger partial charge in [0.15, 0.2) is 5.78 Å². The molecule has 1 heterocycles. The number of hydrogen-bond donors (Lipinski definition) is 2. The van der Waals surface area contributed by atoms with E-state index in [0.717, 1.165) is 18.4 Å². The van der Waals surface area contributed by atoms with Gasteiger partial charge in [-0.2, -0.15) is 0 Å². The van der Waals surface area contributed by atoms with E-state index in [1.807, 2.05) is 34.7 Å². The molecule has 8 nitrogen and oxygen atoms in total. The van der Waals surface area contributed by atoms with Crippen LogP contribution in [0.1, 0.15) is 51.1 Å². The molecule has 4 aromatic rings. The Hall–Kier alpha value is -4.19. The predicted octanol–water partition coefficient (Wildman–Crippen LogP) is 6.89. The molecule has 0 atom stereocenters. The van der Waals surface area contributed by atoms with Crippen molar-refractivity contribution in [1.82, 2.24) is 9.88 Å². The average molecular weight is 696 g/mol. The average Bonchev–Trinajstić information content (AvgIpc) is 3.81. The number of rotatable bonds is 11. The zero-order valence-electron chi connectivity index (χ0n) is 24.0. The maximum atomic E-state index is 14.9. The molecule has 5 rings (SSSR count). The molecule has 0 unspecified atom stereocenters. The summed E-state index contributed by atoms with van der Waals surface area (Å²) in [5, 5.41) is 5.83. The first-order chi connectivity index (χ1) is 20.6. The number of methoxy groups -OCH3 is 1. The Morgan fingerprint density at radius 1 is 1.05 bits per heavy atom. The number of aromatic nitrogens is 1. The maximum absolute atomic E-state index is 14.9. The zero-order chi connectivity index (χ0) is 30.7. The lowest BCUT2D eigenvalue weighted by atomic mass is 10.00. The van der Waals surface area contributed by atoms with Gasteiger partial charge in [0.25, 0.3) is 11.5 Å². The summed E-state index contributed by atoms with van der Waals surface area (Å²) in [5.41, 5.74) is 1.57. The van der Waals surface area contributed by atoms with E-state index < -0.39 is 17.3 Å². The number of nitrogens with one attached hydrogen (secondary N) is 2. The SMILES string of the molecule is COc1ccc(CNC(=O)c2c(Oc3cccc(C(=O)CC4CC4)c3C)cc(=O)n(C)c2Nc2ccc(I)cc2F)cc1. The first kappa shape index (κ1) is 30.3. The highest BCUT2D eigenvalue weighted by Crippen LogP contribution is 2.37. The maximum Gasteiger partial charge on any atom is 0.259 e. The molecular weight excluding hydrogens is 664 g/mol. The molecule has 0 saturated heterocycles. The molecule has 0 spiro atoms. The standard InChI is InChI=1S/C33H31FIN3O5/c1-19-24(27(39)15-20-7-8-20)5-4-6-28(19)43-29-17-30(40)38(2)32(37-26-14-11-22(35)16-25(26)34)31(29)33(41)36-18-21-9-12-23(42-3)13-10-21/h4-6,9-14,16-17,20,37H,7-8,15,18H2,1-3H3,(H,36,41). The van der Waals surface area contributed by atoms with Gasteiger partial charge in [0.2, 0.25) is 0 Å². The van der Waals surface area contributed by atoms with E-state index in [0.29, 0.717) is 38.5 Å². The number of nitrogens with zero attached hydrogens (tertiary/aromatic N) is 1. The van der Waals surface area contributed by atoms with Gasteiger partial charge in [-0.05, 0) is 90.2 Å². The van der Waals surface area contributed by atoms with Crippen molar-refractivity contribution in [2.45, 2.75) is 32.7 Å². The zero-order valence-corrected chi connectivity index (χ0v) is 26.2. The molecule has 0 bridgehead atoms. The van der Waals surface area contributed by atoms with Gasteiger partial charge in [0, 0.05) is 40.8 Å². The first-order valence-electron chi connectivity index (χ1n) is 13.8. The van der Waals surface area contributed by atoms with Gasteiger partial charge in [-0.15, -0.1) is 0 Å². The third kappa shape index (κ3) is 7.07. The van der Waals surface area contributed by atoms with Crippen molar-refractivity contribution in [2.24, 2.45) is 13.0 Å². The monoisotopic (exact) mass is 695 g/mol. The molecule has 0 aliphatic heterocycles. The lowest BCUT2D eigenvalue weighted by molar-refractivity contribution is 0.0945. The van der Waals surface area contributed by atoms with Crippen LogP contribution in [0.5, 0.6) is 17.2 Å². The number of amides is 1. The van der Waals surface area contributed by atoms with Crippen molar-refractivity contribution in [1.29, 1.82) is 0 Å². The highest BCUT2D eigenvalue weighted by molar-refractivity contribution is 14.1. The highest BCUT2D eigenvalue weighted by Gasteiger charge is 2.27. The molecule has 10 heteroatoms. The summed E-state index contributed by atoms with van der Waals surface area (Å²) in [6, 6.07) is 18.2. The van der Waals surface area contributed by atoms with Crippen LogP contribution in [0.25, 0.3) is 0 Å². The lowest BCUT2D eigenvalue weighted by Gasteiger charge is -2.20. The fraction of sp³-hybridized carbons (Fsp3) is 0.242. The molecule has 1 saturated carbocycles. The van der Waals surface area contributed by atoms with Gasteiger partial charge >= 0.3 is 0 Å². The topological polar surface area (TPSA) is 98.7 Å². The number of pyridine rings is 1. The molecule has 222 valence electrons. The summed E-state index contributed by atoms with van der Waals surface area (Å²) in [4.78, 5) is 39.9. The van der Waals surface area contributed by atoms with Gasteiger partial charge < -0.3 is 20.1 Å². The van der Waals surface area contributed by atoms with E-state index in [4.69, 9.17) is 9.47 Å². The second kappa shape index (κ2) is 13.0. The third-order valence-corrected chi connectivity index (χ3v) is 8.07. The van der Waals surface area contributed by atoms with Crippen molar-refractivity contribution in [3.63, 3.8) is 0 Å². The van der Waals surface area contributed by atoms with Crippen LogP contribution in [-0.4, -0.2) is 23.4 Å². The van der Waals surface area contributed by atoms with Crippen LogP contribution in [0.2, 0.25) is 0 Å². The van der Waals surface area contributed by atoms with Gasteiger partial charge in [0.05, 0.1) is 12.8 Å². The first-order valence-corrected chi connectivity index (χ1v) is 14.9. The number of anilines is 2. The lowest BCUT2D eigenvalue weighted by Crippen LogP contribution is -2.29. The minimum absolute atomic E-state index is 0.00247. The van der Waals surface area contributed by atoms with E-state index in [9.17, 15) is 18.8 Å². The number of ketones is 1. The Bertz CT molecular complexity index is 1750. The number of carbonyl (C=O) groups excluding carboxylic acids is 2. The molecule has 1 aromatic heterocycles. The van der Waals surface area contributed by atoms with Crippen LogP contribution in [-0.2, 0) is 13.6 Å². The summed E-state index contributed by atoms with van der Waals surface area (Å²) in [7, 11) is 3.06. The van der Waals surface area contributed by atoms with E-state index >= 15 is 0 Å². The Kier molecular flexibility index (Phi) is 9.14. The molecule has 43 heavy (non-hydrogen) atoms. The molecule has 0 radical (unpaired) electrons. The summed E-state index contributed by atoms with van der Waals surface area (Å²) in [6.45, 7) is 1.95. The van der Waals surface area contributed by atoms with Gasteiger partial charge in [-0.3, -0.25) is 19.0 Å². The number of carbonyl (C=O) groups is 2. The minimum Gasteiger partial charge on any atom is -0.497 e. The van der Waals surface area contributed by atoms with Crippen molar-refractivity contribution in [3.05, 3.63) is 109 Å². The Morgan fingerprint density at radius 2 is 1.79 bits per heavy atom. The van der Waals surface area contributed by atoms with Crippen molar-refractivity contribution < 1.29 is 23.5 Å². The second-order valence-corrected chi connectivity index (χ2v) is 11.8. The smallest absolute Gasteiger partial charge is 0.259 e. The molecular formula is C33H31FIN3O5. The van der Waals surface area contributed by atoms with Crippen molar-refractivity contribution in [2.75, 3.05) is 12.4 Å². The summed E-state index contributed by atoms with van der Waals surface area (Å²) in [6.07, 6.45) is 2.59. The third-order valence-electron chi connectivity index (χ3n) is 7.40. The quantitative estimate of drug-likeness (QED) is 0.131. The van der Waals surface area contributed by atoms with Crippen LogP contribution in [0.3, 0.4) is 0 Å². The summed E-state index contributed by atoms with van der Waals surface area (Å²) < 4.78 is 28.3. The van der Waals surface area contributed by atoms with Crippen molar-refractivity contribution in [3.8, 4) is 17.2 Å². The van der Waals surface area contributed by atoms with E-state index in [1.165, 1.54) is 29.8 Å². The largest absolute Gasteiger partial charge is 0.497 e. The Balaban J connectivity index is 1.55. The van der Waals surface area contributed by atoms with Crippen LogP contribution in [0.15, 0.2) is 71.5 Å². The van der Waals surface area contributed by atoms with Crippen LogP contribution in [0.4, 0.5) is 15.9 Å². The molecule has 1 fully saturated rings. The number of ether oxygens (including phenoxy) is 2. The van der Waals surface area contributed by atoms with Gasteiger partial charge in [0.1, 0.15) is 34.4 Å². The number of halogens is 2. The van der Waals surface area contributed by atoms with E-state index in [1.54, 1.807) is 50.4 Å². The van der Waals surface area contributed by atoms with Gasteiger partial charge in [-0.25, -0.2) is 4.39 Å². The Labute approximate surface area is 262 Å². The fourth-order valence-corrected chi connectivity index (χ4v) is 5.15. The van der Waals surface area contributed by atoms with E-state index in [-0.39, 0.29) is 35.1 Å². The second-order valence-electron chi connectivity index (χ2n) is 10.5. The normalized spacial score (nSPS) is 12.5. The van der Waals surface area contributed by atoms with E-state index in [2.05, 4.69) is 10.6 Å². The molecule has 1 amide bonds. The fourth-order valence-electron chi connectivity index (χ4n) is 4.69. The molecule has 1 aliphatic carbocycles. The van der Waals surface area contributed by atoms with Crippen molar-refractivity contribution >= 4 is 45.8 Å². The molecule has 2 N–H and O–H groups in total. The van der Waals surface area contributed by atoms with Crippen LogP contribution >= 0.6 is 22.6 Å². The highest BCUT2D eigenvalue weighted by atomic mass is 127. The van der Waals surface area contributed by atoms with Gasteiger partial charge in [-0.1, -0.05) is 24.3 Å². The summed E-state index contributed by atoms with van der Waals surface area (Å²) >= 11 is 2.00. The molecule has 1 aliphatic rings. The Morgan fingerprint density at radius 3 is 2.47 bits per heavy atom. The number of benzene rings is 3. The van der Waals surface area contributed by atoms with Crippen LogP contribution in [0, 0.1) is 22.2 Å². The number of hydrogen-bond acceptors (Lipinski definition) is 6. The minimum atomic E-state index is -0.548. The molecule has 3 aromatic carbocycles. The van der Waals surface area contributed by atoms with Crippen LogP contribution < -0.4 is 25.7 Å².